The van der Waals surface area contributed by atoms with Gasteiger partial charge in [-0.25, -0.2) is 4.98 Å². The number of rotatable bonds is 7. The minimum absolute atomic E-state index is 0.00247. The largest absolute Gasteiger partial charge is 0.342 e. The lowest BCUT2D eigenvalue weighted by atomic mass is 9.94. The minimum Gasteiger partial charge on any atom is -0.342 e. The molecule has 1 unspecified atom stereocenters. The third kappa shape index (κ3) is 5.61. The van der Waals surface area contributed by atoms with Crippen LogP contribution in [0, 0.1) is 18.8 Å². The third-order valence-electron chi connectivity index (χ3n) is 6.57. The van der Waals surface area contributed by atoms with E-state index in [1.807, 2.05) is 29.3 Å². The van der Waals surface area contributed by atoms with Crippen LogP contribution in [0.4, 0.5) is 10.8 Å². The summed E-state index contributed by atoms with van der Waals surface area (Å²) in [5, 5.41) is 5.42. The third-order valence-corrected chi connectivity index (χ3v) is 7.44. The number of thiazole rings is 1. The minimum atomic E-state index is -0.319. The van der Waals surface area contributed by atoms with E-state index in [9.17, 15) is 14.4 Å². The van der Waals surface area contributed by atoms with Gasteiger partial charge in [-0.15, -0.1) is 11.3 Å². The molecule has 8 heteroatoms. The Morgan fingerprint density at radius 1 is 1.15 bits per heavy atom. The van der Waals surface area contributed by atoms with Crippen molar-refractivity contribution in [2.45, 2.75) is 52.4 Å². The van der Waals surface area contributed by atoms with E-state index >= 15 is 0 Å². The molecule has 2 fully saturated rings. The number of unbranched alkanes of at least 4 members (excludes halogenated alkanes) is 1. The first-order valence-corrected chi connectivity index (χ1v) is 12.7. The monoisotopic (exact) mass is 468 g/mol. The van der Waals surface area contributed by atoms with Gasteiger partial charge in [-0.2, -0.15) is 0 Å². The Labute approximate surface area is 199 Å². The molecule has 0 radical (unpaired) electrons. The van der Waals surface area contributed by atoms with Crippen molar-refractivity contribution < 1.29 is 14.4 Å². The average Bonchev–Trinajstić information content (AvgIpc) is 3.42. The van der Waals surface area contributed by atoms with E-state index in [2.05, 4.69) is 29.4 Å². The van der Waals surface area contributed by atoms with Crippen LogP contribution in [0.5, 0.6) is 0 Å². The van der Waals surface area contributed by atoms with Crippen LogP contribution in [0.1, 0.15) is 50.3 Å². The molecule has 2 aromatic rings. The lowest BCUT2D eigenvalue weighted by Crippen LogP contribution is -2.44. The van der Waals surface area contributed by atoms with E-state index < -0.39 is 0 Å². The summed E-state index contributed by atoms with van der Waals surface area (Å²) in [6.45, 7) is 5.59. The maximum Gasteiger partial charge on any atom is 0.229 e. The number of piperidine rings is 1. The summed E-state index contributed by atoms with van der Waals surface area (Å²) in [7, 11) is 0. The van der Waals surface area contributed by atoms with E-state index in [0.717, 1.165) is 30.6 Å². The summed E-state index contributed by atoms with van der Waals surface area (Å²) >= 11 is 1.42. The Morgan fingerprint density at radius 3 is 2.52 bits per heavy atom. The first-order valence-electron chi connectivity index (χ1n) is 11.9. The van der Waals surface area contributed by atoms with Crippen molar-refractivity contribution in [2.24, 2.45) is 11.8 Å². The first-order chi connectivity index (χ1) is 15.9. The van der Waals surface area contributed by atoms with Gasteiger partial charge >= 0.3 is 0 Å². The van der Waals surface area contributed by atoms with Crippen LogP contribution in [0.2, 0.25) is 0 Å². The van der Waals surface area contributed by atoms with Gasteiger partial charge in [0, 0.05) is 43.0 Å². The number of aryl methyl sites for hydroxylation is 2. The van der Waals surface area contributed by atoms with Gasteiger partial charge < -0.3 is 15.1 Å². The van der Waals surface area contributed by atoms with Crippen LogP contribution in [0.25, 0.3) is 0 Å². The first kappa shape index (κ1) is 23.4. The molecule has 1 aromatic carbocycles. The molecule has 2 aliphatic rings. The molecule has 1 atom stereocenters. The van der Waals surface area contributed by atoms with Gasteiger partial charge in [-0.3, -0.25) is 14.4 Å². The maximum absolute atomic E-state index is 13.1. The molecule has 3 heterocycles. The fraction of sp³-hybridized carbons (Fsp3) is 0.520. The number of likely N-dealkylation sites (tertiary alicyclic amines) is 1. The number of carbonyl (C=O) groups excluding carboxylic acids is 3. The molecule has 0 aliphatic carbocycles. The van der Waals surface area contributed by atoms with Gasteiger partial charge in [0.25, 0.3) is 0 Å². The van der Waals surface area contributed by atoms with E-state index in [-0.39, 0.29) is 36.0 Å². The molecule has 4 rings (SSSR count). The number of aromatic nitrogens is 1. The van der Waals surface area contributed by atoms with Crippen molar-refractivity contribution in [1.29, 1.82) is 0 Å². The SMILES string of the molecule is CCCCc1ccc(N2CC(C(=O)N3CCC(C(=O)Nc4nc(C)cs4)CC3)CC2=O)cc1. The summed E-state index contributed by atoms with van der Waals surface area (Å²) in [6.07, 6.45) is 4.87. The summed E-state index contributed by atoms with van der Waals surface area (Å²) in [4.78, 5) is 46.1. The number of nitrogens with one attached hydrogen (secondary N) is 1. The Bertz CT molecular complexity index is 995. The van der Waals surface area contributed by atoms with Crippen LogP contribution >= 0.6 is 11.3 Å². The van der Waals surface area contributed by atoms with Crippen molar-refractivity contribution in [3.8, 4) is 0 Å². The number of anilines is 2. The Balaban J connectivity index is 1.28. The number of hydrogen-bond donors (Lipinski definition) is 1. The highest BCUT2D eigenvalue weighted by Gasteiger charge is 2.38. The molecular weight excluding hydrogens is 436 g/mol. The van der Waals surface area contributed by atoms with Crippen LogP contribution in [0.3, 0.4) is 0 Å². The van der Waals surface area contributed by atoms with Gasteiger partial charge in [-0.1, -0.05) is 25.5 Å². The number of nitrogens with zero attached hydrogens (tertiary/aromatic N) is 3. The van der Waals surface area contributed by atoms with Gasteiger partial charge in [-0.05, 0) is 50.3 Å². The molecule has 2 saturated heterocycles. The molecule has 0 spiro atoms. The molecule has 0 saturated carbocycles. The zero-order valence-corrected chi connectivity index (χ0v) is 20.2. The van der Waals surface area contributed by atoms with Gasteiger partial charge in [0.15, 0.2) is 5.13 Å². The fourth-order valence-corrected chi connectivity index (χ4v) is 5.28. The van der Waals surface area contributed by atoms with Gasteiger partial charge in [0.2, 0.25) is 17.7 Å². The Morgan fingerprint density at radius 2 is 1.88 bits per heavy atom. The van der Waals surface area contributed by atoms with Crippen molar-refractivity contribution in [3.63, 3.8) is 0 Å². The molecule has 33 heavy (non-hydrogen) atoms. The lowest BCUT2D eigenvalue weighted by molar-refractivity contribution is -0.138. The summed E-state index contributed by atoms with van der Waals surface area (Å²) in [5.41, 5.74) is 3.03. The second-order valence-corrected chi connectivity index (χ2v) is 9.92. The average molecular weight is 469 g/mol. The molecule has 3 amide bonds. The molecular formula is C25H32N4O3S. The lowest BCUT2D eigenvalue weighted by Gasteiger charge is -2.32. The number of amides is 3. The van der Waals surface area contributed by atoms with Crippen molar-refractivity contribution in [1.82, 2.24) is 9.88 Å². The Hall–Kier alpha value is -2.74. The highest BCUT2D eigenvalue weighted by atomic mass is 32.1. The zero-order chi connectivity index (χ0) is 23.4. The molecule has 7 nitrogen and oxygen atoms in total. The van der Waals surface area contributed by atoms with Crippen LogP contribution in [-0.4, -0.2) is 47.2 Å². The second-order valence-electron chi connectivity index (χ2n) is 9.06. The zero-order valence-electron chi connectivity index (χ0n) is 19.4. The van der Waals surface area contributed by atoms with Gasteiger partial charge in [0.1, 0.15) is 0 Å². The molecule has 1 N–H and O–H groups in total. The van der Waals surface area contributed by atoms with Crippen LogP contribution < -0.4 is 10.2 Å². The standard InChI is InChI=1S/C25H32N4O3S/c1-3-4-5-18-6-8-21(9-7-18)29-15-20(14-22(29)30)24(32)28-12-10-19(11-13-28)23(31)27-25-26-17(2)16-33-25/h6-9,16,19-20H,3-5,10-15H2,1-2H3,(H,26,27,31). The van der Waals surface area contributed by atoms with Crippen molar-refractivity contribution in [3.05, 3.63) is 40.9 Å². The summed E-state index contributed by atoms with van der Waals surface area (Å²) < 4.78 is 0. The summed E-state index contributed by atoms with van der Waals surface area (Å²) in [6, 6.07) is 8.14. The predicted molar refractivity (Wildman–Crippen MR) is 130 cm³/mol. The number of benzene rings is 1. The van der Waals surface area contributed by atoms with E-state index in [4.69, 9.17) is 0 Å². The highest BCUT2D eigenvalue weighted by Crippen LogP contribution is 2.29. The molecule has 176 valence electrons. The van der Waals surface area contributed by atoms with Crippen LogP contribution in [-0.2, 0) is 20.8 Å². The quantitative estimate of drug-likeness (QED) is 0.665. The molecule has 1 aromatic heterocycles. The van der Waals surface area contributed by atoms with E-state index in [1.165, 1.54) is 16.9 Å². The summed E-state index contributed by atoms with van der Waals surface area (Å²) in [5.74, 6) is -0.435. The fourth-order valence-electron chi connectivity index (χ4n) is 4.59. The van der Waals surface area contributed by atoms with E-state index in [0.29, 0.717) is 37.6 Å². The highest BCUT2D eigenvalue weighted by molar-refractivity contribution is 7.13. The number of hydrogen-bond acceptors (Lipinski definition) is 5. The van der Waals surface area contributed by atoms with Gasteiger partial charge in [0.05, 0.1) is 11.6 Å². The van der Waals surface area contributed by atoms with E-state index in [1.54, 1.807) is 4.90 Å². The molecule has 0 bridgehead atoms. The topological polar surface area (TPSA) is 82.6 Å². The van der Waals surface area contributed by atoms with Crippen molar-refractivity contribution >= 4 is 39.9 Å². The van der Waals surface area contributed by atoms with Crippen molar-refractivity contribution in [2.75, 3.05) is 29.9 Å². The molecule has 2 aliphatic heterocycles. The maximum atomic E-state index is 13.1. The second kappa shape index (κ2) is 10.5. The van der Waals surface area contributed by atoms with Crippen LogP contribution in [0.15, 0.2) is 29.6 Å². The smallest absolute Gasteiger partial charge is 0.229 e. The predicted octanol–water partition coefficient (Wildman–Crippen LogP) is 4.02. The normalized spacial score (nSPS) is 19.2. The Kier molecular flexibility index (Phi) is 7.42. The number of carbonyl (C=O) groups is 3.